The van der Waals surface area contributed by atoms with Gasteiger partial charge in [0.15, 0.2) is 0 Å². The number of rotatable bonds is 5. The molecule has 1 aliphatic heterocycles. The Kier molecular flexibility index (Phi) is 5.50. The Balaban J connectivity index is 2.54. The number of ether oxygens (including phenoxy) is 1. The Morgan fingerprint density at radius 1 is 1.40 bits per heavy atom. The van der Waals surface area contributed by atoms with Crippen LogP contribution in [0.25, 0.3) is 0 Å². The summed E-state index contributed by atoms with van der Waals surface area (Å²) >= 11 is 0. The van der Waals surface area contributed by atoms with Gasteiger partial charge < -0.3 is 20.5 Å². The van der Waals surface area contributed by atoms with Gasteiger partial charge in [0.25, 0.3) is 0 Å². The van der Waals surface area contributed by atoms with Crippen LogP contribution in [0.4, 0.5) is 0 Å². The Morgan fingerprint density at radius 3 is 2.50 bits per heavy atom. The quantitative estimate of drug-likeness (QED) is 0.616. The molecule has 0 aromatic rings. The first-order valence-electron chi connectivity index (χ1n) is 6.67. The zero-order chi connectivity index (χ0) is 15.3. The Labute approximate surface area is 118 Å². The number of hydrogen-bond acceptors (Lipinski definition) is 5. The first-order valence-corrected chi connectivity index (χ1v) is 6.67. The molecule has 0 spiro atoms. The van der Waals surface area contributed by atoms with E-state index in [1.807, 2.05) is 0 Å². The average Bonchev–Trinajstić information content (AvgIpc) is 2.78. The maximum absolute atomic E-state index is 11.8. The fourth-order valence-corrected chi connectivity index (χ4v) is 1.93. The van der Waals surface area contributed by atoms with E-state index in [4.69, 9.17) is 9.84 Å². The molecule has 7 nitrogen and oxygen atoms in total. The highest BCUT2D eigenvalue weighted by Gasteiger charge is 2.30. The van der Waals surface area contributed by atoms with Crippen molar-refractivity contribution in [3.8, 4) is 0 Å². The lowest BCUT2D eigenvalue weighted by Gasteiger charge is -2.22. The molecule has 20 heavy (non-hydrogen) atoms. The summed E-state index contributed by atoms with van der Waals surface area (Å²) in [6.45, 7) is 5.83. The smallest absolute Gasteiger partial charge is 0.326 e. The number of carbonyl (C=O) groups is 3. The predicted octanol–water partition coefficient (Wildman–Crippen LogP) is 0.0396. The van der Waals surface area contributed by atoms with Gasteiger partial charge in [0, 0.05) is 0 Å². The Bertz CT molecular complexity index is 383. The monoisotopic (exact) mass is 286 g/mol. The molecule has 7 heteroatoms. The van der Waals surface area contributed by atoms with Crippen molar-refractivity contribution in [1.29, 1.82) is 0 Å². The normalized spacial score (nSPS) is 20.2. The highest BCUT2D eigenvalue weighted by Crippen LogP contribution is 2.10. The number of carbonyl (C=O) groups excluding carboxylic acids is 2. The molecule has 2 atom stereocenters. The summed E-state index contributed by atoms with van der Waals surface area (Å²) in [6.07, 6.45) is 1.16. The number of carboxylic acid groups (broad SMARTS) is 1. The zero-order valence-electron chi connectivity index (χ0n) is 12.1. The SMILES string of the molecule is CC(C)(C)OC(=O)C[C@H](NC(=O)[C@@H]1CCCN1)C(=O)O. The summed E-state index contributed by atoms with van der Waals surface area (Å²) in [5, 5.41) is 14.4. The van der Waals surface area contributed by atoms with Crippen LogP contribution in [0.1, 0.15) is 40.0 Å². The number of esters is 1. The molecule has 0 radical (unpaired) electrons. The second-order valence-corrected chi connectivity index (χ2v) is 5.84. The van der Waals surface area contributed by atoms with E-state index in [1.165, 1.54) is 0 Å². The summed E-state index contributed by atoms with van der Waals surface area (Å²) in [5.74, 6) is -2.29. The number of amides is 1. The van der Waals surface area contributed by atoms with Gasteiger partial charge in [0.05, 0.1) is 12.5 Å². The third-order valence-electron chi connectivity index (χ3n) is 2.78. The van der Waals surface area contributed by atoms with Crippen molar-refractivity contribution in [3.63, 3.8) is 0 Å². The van der Waals surface area contributed by atoms with Gasteiger partial charge in [-0.25, -0.2) is 4.79 Å². The number of hydrogen-bond donors (Lipinski definition) is 3. The van der Waals surface area contributed by atoms with Crippen LogP contribution in [-0.4, -0.2) is 47.2 Å². The van der Waals surface area contributed by atoms with Crippen molar-refractivity contribution in [2.75, 3.05) is 6.54 Å². The van der Waals surface area contributed by atoms with Crippen LogP contribution < -0.4 is 10.6 Å². The van der Waals surface area contributed by atoms with Gasteiger partial charge in [-0.1, -0.05) is 0 Å². The molecule has 0 saturated carbocycles. The van der Waals surface area contributed by atoms with E-state index in [0.29, 0.717) is 6.42 Å². The van der Waals surface area contributed by atoms with E-state index in [9.17, 15) is 14.4 Å². The molecule has 1 saturated heterocycles. The average molecular weight is 286 g/mol. The summed E-state index contributed by atoms with van der Waals surface area (Å²) in [5.41, 5.74) is -0.683. The van der Waals surface area contributed by atoms with Crippen LogP contribution in [0, 0.1) is 0 Å². The fourth-order valence-electron chi connectivity index (χ4n) is 1.93. The molecule has 0 aromatic carbocycles. The molecular formula is C13H22N2O5. The number of nitrogens with one attached hydrogen (secondary N) is 2. The molecule has 0 bridgehead atoms. The van der Waals surface area contributed by atoms with Crippen molar-refractivity contribution < 1.29 is 24.2 Å². The van der Waals surface area contributed by atoms with Crippen LogP contribution >= 0.6 is 0 Å². The topological polar surface area (TPSA) is 105 Å². The van der Waals surface area contributed by atoms with E-state index in [-0.39, 0.29) is 12.5 Å². The zero-order valence-corrected chi connectivity index (χ0v) is 12.1. The Morgan fingerprint density at radius 2 is 2.05 bits per heavy atom. The molecule has 1 fully saturated rings. The Hall–Kier alpha value is -1.63. The van der Waals surface area contributed by atoms with Gasteiger partial charge >= 0.3 is 11.9 Å². The first kappa shape index (κ1) is 16.4. The maximum Gasteiger partial charge on any atom is 0.326 e. The molecule has 114 valence electrons. The fraction of sp³-hybridized carbons (Fsp3) is 0.769. The van der Waals surface area contributed by atoms with Crippen LogP contribution in [0.5, 0.6) is 0 Å². The van der Waals surface area contributed by atoms with Crippen LogP contribution in [-0.2, 0) is 19.1 Å². The molecule has 1 aliphatic rings. The summed E-state index contributed by atoms with van der Waals surface area (Å²) in [7, 11) is 0. The predicted molar refractivity (Wildman–Crippen MR) is 71.1 cm³/mol. The lowest BCUT2D eigenvalue weighted by molar-refractivity contribution is -0.158. The van der Waals surface area contributed by atoms with Gasteiger partial charge in [0.1, 0.15) is 11.6 Å². The van der Waals surface area contributed by atoms with Gasteiger partial charge in [-0.2, -0.15) is 0 Å². The van der Waals surface area contributed by atoms with Gasteiger partial charge in [0.2, 0.25) is 5.91 Å². The van der Waals surface area contributed by atoms with E-state index < -0.39 is 29.5 Å². The highest BCUT2D eigenvalue weighted by atomic mass is 16.6. The molecule has 1 heterocycles. The van der Waals surface area contributed by atoms with Crippen molar-refractivity contribution in [2.45, 2.75) is 57.7 Å². The largest absolute Gasteiger partial charge is 0.480 e. The van der Waals surface area contributed by atoms with Crippen molar-refractivity contribution in [2.24, 2.45) is 0 Å². The van der Waals surface area contributed by atoms with Gasteiger partial charge in [-0.05, 0) is 40.2 Å². The molecule has 0 aromatic heterocycles. The highest BCUT2D eigenvalue weighted by molar-refractivity contribution is 5.89. The summed E-state index contributed by atoms with van der Waals surface area (Å²) in [6, 6.07) is -1.64. The van der Waals surface area contributed by atoms with E-state index in [2.05, 4.69) is 10.6 Å². The van der Waals surface area contributed by atoms with E-state index in [1.54, 1.807) is 20.8 Å². The number of carboxylic acids is 1. The minimum atomic E-state index is -1.26. The van der Waals surface area contributed by atoms with E-state index >= 15 is 0 Å². The summed E-state index contributed by atoms with van der Waals surface area (Å²) in [4.78, 5) is 34.6. The minimum absolute atomic E-state index is 0.379. The lowest BCUT2D eigenvalue weighted by Crippen LogP contribution is -2.49. The molecular weight excluding hydrogens is 264 g/mol. The lowest BCUT2D eigenvalue weighted by atomic mass is 10.1. The van der Waals surface area contributed by atoms with Crippen LogP contribution in [0.3, 0.4) is 0 Å². The van der Waals surface area contributed by atoms with E-state index in [0.717, 1.165) is 13.0 Å². The molecule has 0 unspecified atom stereocenters. The second-order valence-electron chi connectivity index (χ2n) is 5.84. The standard InChI is InChI=1S/C13H22N2O5/c1-13(2,3)20-10(16)7-9(12(18)19)15-11(17)8-5-4-6-14-8/h8-9,14H,4-7H2,1-3H3,(H,15,17)(H,18,19)/t8-,9-/m0/s1. The second kappa shape index (κ2) is 6.69. The minimum Gasteiger partial charge on any atom is -0.480 e. The van der Waals surface area contributed by atoms with Gasteiger partial charge in [-0.15, -0.1) is 0 Å². The molecule has 3 N–H and O–H groups in total. The third kappa shape index (κ3) is 5.56. The van der Waals surface area contributed by atoms with Crippen molar-refractivity contribution >= 4 is 17.8 Å². The van der Waals surface area contributed by atoms with Crippen molar-refractivity contribution in [1.82, 2.24) is 10.6 Å². The van der Waals surface area contributed by atoms with Crippen LogP contribution in [0.2, 0.25) is 0 Å². The third-order valence-corrected chi connectivity index (χ3v) is 2.78. The molecule has 1 amide bonds. The molecule has 1 rings (SSSR count). The molecule has 0 aliphatic carbocycles. The first-order chi connectivity index (χ1) is 9.19. The van der Waals surface area contributed by atoms with Crippen molar-refractivity contribution in [3.05, 3.63) is 0 Å². The summed E-state index contributed by atoms with van der Waals surface area (Å²) < 4.78 is 5.06. The maximum atomic E-state index is 11.8. The number of aliphatic carboxylic acids is 1. The van der Waals surface area contributed by atoms with Gasteiger partial charge in [-0.3, -0.25) is 9.59 Å². The van der Waals surface area contributed by atoms with Crippen LogP contribution in [0.15, 0.2) is 0 Å².